The summed E-state index contributed by atoms with van der Waals surface area (Å²) in [5.74, 6) is 0. The first-order valence-corrected chi connectivity index (χ1v) is 13.2. The van der Waals surface area contributed by atoms with E-state index in [-0.39, 0.29) is 0 Å². The molecule has 6 rings (SSSR count). The number of hydrogen-bond acceptors (Lipinski definition) is 0. The van der Waals surface area contributed by atoms with Gasteiger partial charge in [0.2, 0.25) is 0 Å². The maximum Gasteiger partial charge on any atom is 0.0324 e. The quantitative estimate of drug-likeness (QED) is 0.222. The minimum absolute atomic E-state index is 0.898. The summed E-state index contributed by atoms with van der Waals surface area (Å²) in [6.07, 6.45) is 13.9. The molecule has 0 aromatic heterocycles. The Hall–Kier alpha value is -3.20. The highest BCUT2D eigenvalue weighted by molar-refractivity contribution is 9.13. The second kappa shape index (κ2) is 9.11. The summed E-state index contributed by atoms with van der Waals surface area (Å²) in [6.45, 7) is 4.16. The standard InChI is InChI=1S/C33H22Br2/c1-21-10-8-16-24-18-25(17-9-11-21)33-31(23-14-6-3-7-15-23)27-20-29(35)28(34)19-26(27)30(32(24)33)22-12-4-2-5-13-22/h2-17,19-20H,1,18H2/b10-8-,11-9?,24-16+,25-17+. The van der Waals surface area contributed by atoms with E-state index in [1.165, 1.54) is 55.3 Å². The number of rotatable bonds is 2. The van der Waals surface area contributed by atoms with Crippen LogP contribution in [0.25, 0.3) is 44.2 Å². The minimum Gasteiger partial charge on any atom is -0.0918 e. The average molecular weight is 578 g/mol. The zero-order valence-electron chi connectivity index (χ0n) is 19.1. The van der Waals surface area contributed by atoms with Gasteiger partial charge in [0.25, 0.3) is 0 Å². The molecule has 0 N–H and O–H groups in total. The lowest BCUT2D eigenvalue weighted by molar-refractivity contribution is 1.50. The van der Waals surface area contributed by atoms with E-state index in [2.05, 4.69) is 148 Å². The van der Waals surface area contributed by atoms with E-state index in [0.717, 1.165) is 20.9 Å². The summed E-state index contributed by atoms with van der Waals surface area (Å²) < 4.78 is 2.11. The van der Waals surface area contributed by atoms with Crippen molar-refractivity contribution in [3.8, 4) is 22.3 Å². The summed E-state index contributed by atoms with van der Waals surface area (Å²) >= 11 is 7.58. The van der Waals surface area contributed by atoms with Gasteiger partial charge in [-0.2, -0.15) is 0 Å². The van der Waals surface area contributed by atoms with Gasteiger partial charge in [0.15, 0.2) is 0 Å². The molecule has 2 aliphatic carbocycles. The van der Waals surface area contributed by atoms with Gasteiger partial charge in [0, 0.05) is 8.95 Å². The maximum absolute atomic E-state index is 4.16. The van der Waals surface area contributed by atoms with Crippen LogP contribution in [0.15, 0.2) is 130 Å². The van der Waals surface area contributed by atoms with Crippen LogP contribution in [0, 0.1) is 0 Å². The first kappa shape index (κ1) is 22.3. The molecule has 0 amide bonds. The highest BCUT2D eigenvalue weighted by Crippen LogP contribution is 2.54. The number of fused-ring (bicyclic) bond motifs is 6. The fraction of sp³-hybridized carbons (Fsp3) is 0.0303. The molecule has 0 unspecified atom stereocenters. The topological polar surface area (TPSA) is 0 Å². The first-order valence-electron chi connectivity index (χ1n) is 11.7. The summed E-state index contributed by atoms with van der Waals surface area (Å²) in [5, 5.41) is 2.49. The van der Waals surface area contributed by atoms with E-state index in [1.807, 2.05) is 0 Å². The van der Waals surface area contributed by atoms with Crippen molar-refractivity contribution in [3.05, 3.63) is 141 Å². The zero-order valence-corrected chi connectivity index (χ0v) is 22.2. The average Bonchev–Trinajstić information content (AvgIpc) is 3.21. The van der Waals surface area contributed by atoms with Crippen molar-refractivity contribution in [2.24, 2.45) is 0 Å². The Morgan fingerprint density at radius 1 is 0.571 bits per heavy atom. The van der Waals surface area contributed by atoms with Gasteiger partial charge < -0.3 is 0 Å². The molecular formula is C33H22Br2. The van der Waals surface area contributed by atoms with Crippen LogP contribution < -0.4 is 0 Å². The summed E-state index contributed by atoms with van der Waals surface area (Å²) in [5.41, 5.74) is 11.4. The molecule has 0 aliphatic heterocycles. The first-order chi connectivity index (χ1) is 17.1. The Labute approximate surface area is 223 Å². The van der Waals surface area contributed by atoms with Gasteiger partial charge in [-0.25, -0.2) is 0 Å². The molecule has 35 heavy (non-hydrogen) atoms. The summed E-state index contributed by atoms with van der Waals surface area (Å²) in [7, 11) is 0. The van der Waals surface area contributed by atoms with Gasteiger partial charge in [0.05, 0.1) is 0 Å². The van der Waals surface area contributed by atoms with E-state index in [4.69, 9.17) is 0 Å². The van der Waals surface area contributed by atoms with Crippen LogP contribution in [-0.2, 0) is 0 Å². The smallest absolute Gasteiger partial charge is 0.0324 e. The van der Waals surface area contributed by atoms with Crippen molar-refractivity contribution in [1.82, 2.24) is 0 Å². The molecule has 0 spiro atoms. The molecule has 0 heterocycles. The second-order valence-electron chi connectivity index (χ2n) is 8.90. The molecule has 4 aromatic carbocycles. The highest BCUT2D eigenvalue weighted by Gasteiger charge is 2.31. The molecule has 0 saturated carbocycles. The molecule has 2 bridgehead atoms. The fourth-order valence-corrected chi connectivity index (χ4v) is 5.92. The highest BCUT2D eigenvalue weighted by atomic mass is 79.9. The fourth-order valence-electron chi connectivity index (χ4n) is 5.23. The third-order valence-corrected chi connectivity index (χ3v) is 8.56. The van der Waals surface area contributed by atoms with Crippen molar-refractivity contribution in [2.75, 3.05) is 0 Å². The van der Waals surface area contributed by atoms with Crippen molar-refractivity contribution >= 4 is 53.8 Å². The molecule has 2 heteroatoms. The van der Waals surface area contributed by atoms with E-state index in [1.54, 1.807) is 0 Å². The second-order valence-corrected chi connectivity index (χ2v) is 10.6. The monoisotopic (exact) mass is 576 g/mol. The predicted molar refractivity (Wildman–Crippen MR) is 158 cm³/mol. The number of halogens is 2. The number of allylic oxidation sites excluding steroid dienone is 9. The lowest BCUT2D eigenvalue weighted by Crippen LogP contribution is -1.97. The molecule has 0 atom stereocenters. The van der Waals surface area contributed by atoms with Gasteiger partial charge in [-0.15, -0.1) is 0 Å². The zero-order chi connectivity index (χ0) is 23.9. The molecule has 2 aliphatic rings. The van der Waals surface area contributed by atoms with Gasteiger partial charge in [-0.3, -0.25) is 0 Å². The van der Waals surface area contributed by atoms with Crippen molar-refractivity contribution in [3.63, 3.8) is 0 Å². The van der Waals surface area contributed by atoms with Crippen LogP contribution >= 0.6 is 31.9 Å². The lowest BCUT2D eigenvalue weighted by atomic mass is 9.83. The minimum atomic E-state index is 0.898. The van der Waals surface area contributed by atoms with E-state index >= 15 is 0 Å². The van der Waals surface area contributed by atoms with Crippen LogP contribution in [0.2, 0.25) is 0 Å². The molecule has 0 nitrogen and oxygen atoms in total. The molecule has 0 saturated heterocycles. The van der Waals surface area contributed by atoms with Crippen molar-refractivity contribution in [1.29, 1.82) is 0 Å². The Morgan fingerprint density at radius 3 is 1.43 bits per heavy atom. The van der Waals surface area contributed by atoms with Crippen molar-refractivity contribution < 1.29 is 0 Å². The molecule has 0 radical (unpaired) electrons. The van der Waals surface area contributed by atoms with Crippen LogP contribution in [0.1, 0.15) is 17.5 Å². The normalized spacial score (nSPS) is 18.5. The Morgan fingerprint density at radius 2 is 1.00 bits per heavy atom. The summed E-state index contributed by atoms with van der Waals surface area (Å²) in [4.78, 5) is 0. The molecule has 168 valence electrons. The van der Waals surface area contributed by atoms with Crippen LogP contribution in [-0.4, -0.2) is 0 Å². The Kier molecular flexibility index (Phi) is 5.80. The maximum atomic E-state index is 4.16. The molecule has 4 aromatic rings. The number of hydrogen-bond donors (Lipinski definition) is 0. The summed E-state index contributed by atoms with van der Waals surface area (Å²) in [6, 6.07) is 26.1. The largest absolute Gasteiger partial charge is 0.0918 e. The SMILES string of the molecule is C=C1C=C/C=C2\C/C(=C\C=C/1)c1c2c(-c2ccccc2)c2cc(Br)c(Br)cc2c1-c1ccccc1. The van der Waals surface area contributed by atoms with E-state index < -0.39 is 0 Å². The van der Waals surface area contributed by atoms with Crippen LogP contribution in [0.3, 0.4) is 0 Å². The van der Waals surface area contributed by atoms with Crippen molar-refractivity contribution in [2.45, 2.75) is 6.42 Å². The third-order valence-electron chi connectivity index (χ3n) is 6.71. The Balaban J connectivity index is 1.87. The van der Waals surface area contributed by atoms with Gasteiger partial charge >= 0.3 is 0 Å². The van der Waals surface area contributed by atoms with Crippen LogP contribution in [0.5, 0.6) is 0 Å². The lowest BCUT2D eigenvalue weighted by Gasteiger charge is -2.21. The van der Waals surface area contributed by atoms with E-state index in [0.29, 0.717) is 0 Å². The van der Waals surface area contributed by atoms with E-state index in [9.17, 15) is 0 Å². The number of benzene rings is 4. The van der Waals surface area contributed by atoms with Gasteiger partial charge in [0.1, 0.15) is 0 Å². The van der Waals surface area contributed by atoms with Gasteiger partial charge in [-0.1, -0.05) is 104 Å². The predicted octanol–water partition coefficient (Wildman–Crippen LogP) is 10.6. The van der Waals surface area contributed by atoms with Gasteiger partial charge in [-0.05, 0) is 111 Å². The molecule has 0 fully saturated rings. The Bertz CT molecular complexity index is 1500. The third kappa shape index (κ3) is 3.91. The van der Waals surface area contributed by atoms with Crippen LogP contribution in [0.4, 0.5) is 0 Å². The molecular weight excluding hydrogens is 556 g/mol.